The number of alkyl carbamates (subject to hydrolysis) is 1. The summed E-state index contributed by atoms with van der Waals surface area (Å²) < 4.78 is 44.7. The molecule has 0 saturated carbocycles. The quantitative estimate of drug-likeness (QED) is 0.244. The number of phenolic OH excluding ortho intramolecular Hbond substituents is 1. The van der Waals surface area contributed by atoms with Crippen LogP contribution in [0.4, 0.5) is 10.5 Å². The average Bonchev–Trinajstić information content (AvgIpc) is 3.53. The zero-order valence-electron chi connectivity index (χ0n) is 22.8. The van der Waals surface area contributed by atoms with Gasteiger partial charge in [0.2, 0.25) is 10.0 Å². The average molecular weight is 594 g/mol. The van der Waals surface area contributed by atoms with Crippen LogP contribution in [0.1, 0.15) is 25.8 Å². The molecule has 2 aromatic rings. The standard InChI is InChI=1S/C27H35N3O10S/c1-17(2)14-29(41(36,37)21-9-7-20(31)8-10-21)15-24(32)23(13-18-3-5-19(6-4-18)30(34)35)28-27(33)40-25-16-39-26-22(25)11-12-38-26/h3-10,17,22-26,31-32H,11-16H2,1-2H3,(H,28,33)/t22-,23-,24+,25-,26+/m0/s1. The number of nitrogens with zero attached hydrogens (tertiary/aromatic N) is 2. The van der Waals surface area contributed by atoms with Gasteiger partial charge in [0.1, 0.15) is 11.9 Å². The monoisotopic (exact) mass is 593 g/mol. The lowest BCUT2D eigenvalue weighted by Gasteiger charge is -2.31. The van der Waals surface area contributed by atoms with E-state index in [1.165, 1.54) is 48.5 Å². The molecule has 0 aromatic heterocycles. The molecular formula is C27H35N3O10S. The number of aliphatic hydroxyl groups is 1. The molecule has 2 aromatic carbocycles. The molecule has 5 atom stereocenters. The third-order valence-electron chi connectivity index (χ3n) is 7.05. The van der Waals surface area contributed by atoms with Crippen LogP contribution in [0.5, 0.6) is 5.75 Å². The maximum Gasteiger partial charge on any atom is 0.407 e. The normalized spacial score (nSPS) is 21.9. The molecule has 0 unspecified atom stereocenters. The van der Waals surface area contributed by atoms with Crippen molar-refractivity contribution in [3.63, 3.8) is 0 Å². The van der Waals surface area contributed by atoms with Crippen LogP contribution in [-0.2, 0) is 30.7 Å². The second-order valence-electron chi connectivity index (χ2n) is 10.6. The Kier molecular flexibility index (Phi) is 9.81. The van der Waals surface area contributed by atoms with Crippen molar-refractivity contribution < 1.29 is 42.6 Å². The van der Waals surface area contributed by atoms with Gasteiger partial charge in [0.25, 0.3) is 5.69 Å². The van der Waals surface area contributed by atoms with E-state index in [-0.39, 0.29) is 54.3 Å². The van der Waals surface area contributed by atoms with Gasteiger partial charge in [-0.2, -0.15) is 4.31 Å². The summed E-state index contributed by atoms with van der Waals surface area (Å²) >= 11 is 0. The second-order valence-corrected chi connectivity index (χ2v) is 12.6. The summed E-state index contributed by atoms with van der Waals surface area (Å²) in [5, 5.41) is 34.7. The number of aliphatic hydroxyl groups excluding tert-OH is 1. The lowest BCUT2D eigenvalue weighted by molar-refractivity contribution is -0.384. The summed E-state index contributed by atoms with van der Waals surface area (Å²) in [7, 11) is -4.07. The molecule has 14 heteroatoms. The minimum atomic E-state index is -4.07. The third kappa shape index (κ3) is 7.71. The maximum absolute atomic E-state index is 13.5. The van der Waals surface area contributed by atoms with E-state index in [4.69, 9.17) is 14.2 Å². The Morgan fingerprint density at radius 2 is 1.83 bits per heavy atom. The predicted molar refractivity (Wildman–Crippen MR) is 146 cm³/mol. The van der Waals surface area contributed by atoms with Crippen LogP contribution < -0.4 is 5.32 Å². The van der Waals surface area contributed by atoms with Crippen LogP contribution in [0.25, 0.3) is 0 Å². The fraction of sp³-hybridized carbons (Fsp3) is 0.519. The van der Waals surface area contributed by atoms with Crippen molar-refractivity contribution in [2.75, 3.05) is 26.3 Å². The van der Waals surface area contributed by atoms with E-state index in [0.717, 1.165) is 4.31 Å². The van der Waals surface area contributed by atoms with Gasteiger partial charge in [0.05, 0.1) is 41.1 Å². The van der Waals surface area contributed by atoms with Gasteiger partial charge in [-0.3, -0.25) is 10.1 Å². The largest absolute Gasteiger partial charge is 0.508 e. The molecule has 2 fully saturated rings. The molecule has 2 aliphatic heterocycles. The molecular weight excluding hydrogens is 558 g/mol. The highest BCUT2D eigenvalue weighted by atomic mass is 32.2. The minimum absolute atomic E-state index is 0.0410. The summed E-state index contributed by atoms with van der Waals surface area (Å²) in [6, 6.07) is 9.71. The Hall–Kier alpha value is -3.30. The molecule has 0 bridgehead atoms. The molecule has 4 rings (SSSR count). The zero-order chi connectivity index (χ0) is 29.7. The summed E-state index contributed by atoms with van der Waals surface area (Å²) in [6.07, 6.45) is -2.44. The van der Waals surface area contributed by atoms with E-state index < -0.39 is 45.6 Å². The van der Waals surface area contributed by atoms with E-state index in [9.17, 15) is 33.5 Å². The number of benzene rings is 2. The Morgan fingerprint density at radius 1 is 1.15 bits per heavy atom. The molecule has 2 saturated heterocycles. The zero-order valence-corrected chi connectivity index (χ0v) is 23.6. The number of non-ortho nitro benzene ring substituents is 1. The first-order valence-electron chi connectivity index (χ1n) is 13.3. The van der Waals surface area contributed by atoms with Crippen molar-refractivity contribution in [2.45, 2.75) is 56.1 Å². The Balaban J connectivity index is 1.54. The van der Waals surface area contributed by atoms with E-state index in [0.29, 0.717) is 18.6 Å². The van der Waals surface area contributed by atoms with Crippen LogP contribution in [-0.4, -0.2) is 84.8 Å². The molecule has 0 spiro atoms. The molecule has 2 heterocycles. The van der Waals surface area contributed by atoms with Crippen molar-refractivity contribution in [1.82, 2.24) is 9.62 Å². The number of hydrogen-bond acceptors (Lipinski definition) is 10. The highest BCUT2D eigenvalue weighted by Crippen LogP contribution is 2.33. The maximum atomic E-state index is 13.5. The fourth-order valence-electron chi connectivity index (χ4n) is 4.94. The molecule has 13 nitrogen and oxygen atoms in total. The fourth-order valence-corrected chi connectivity index (χ4v) is 6.56. The van der Waals surface area contributed by atoms with E-state index in [2.05, 4.69) is 5.32 Å². The predicted octanol–water partition coefficient (Wildman–Crippen LogP) is 2.41. The van der Waals surface area contributed by atoms with E-state index >= 15 is 0 Å². The summed E-state index contributed by atoms with van der Waals surface area (Å²) in [4.78, 5) is 23.4. The van der Waals surface area contributed by atoms with Gasteiger partial charge in [-0.15, -0.1) is 0 Å². The lowest BCUT2D eigenvalue weighted by Crippen LogP contribution is -2.51. The number of aromatic hydroxyl groups is 1. The topological polar surface area (TPSA) is 178 Å². The van der Waals surface area contributed by atoms with Crippen molar-refractivity contribution in [3.05, 3.63) is 64.2 Å². The number of hydrogen-bond donors (Lipinski definition) is 3. The molecule has 0 radical (unpaired) electrons. The van der Waals surface area contributed by atoms with Crippen molar-refractivity contribution >= 4 is 21.8 Å². The summed E-state index contributed by atoms with van der Waals surface area (Å²) in [5.74, 6) is -0.284. The first-order chi connectivity index (χ1) is 19.4. The van der Waals surface area contributed by atoms with Crippen molar-refractivity contribution in [3.8, 4) is 5.75 Å². The molecule has 1 amide bonds. The van der Waals surface area contributed by atoms with Gasteiger partial charge in [-0.1, -0.05) is 26.0 Å². The Bertz CT molecular complexity index is 1300. The van der Waals surface area contributed by atoms with Gasteiger partial charge in [0, 0.05) is 25.2 Å². The van der Waals surface area contributed by atoms with Gasteiger partial charge in [-0.25, -0.2) is 13.2 Å². The van der Waals surface area contributed by atoms with Crippen LogP contribution in [0.15, 0.2) is 53.4 Å². The molecule has 2 aliphatic rings. The van der Waals surface area contributed by atoms with Crippen LogP contribution in [0.2, 0.25) is 0 Å². The number of rotatable bonds is 12. The van der Waals surface area contributed by atoms with Crippen molar-refractivity contribution in [2.24, 2.45) is 11.8 Å². The summed E-state index contributed by atoms with van der Waals surface area (Å²) in [5.41, 5.74) is 0.459. The molecule has 224 valence electrons. The highest BCUT2D eigenvalue weighted by Gasteiger charge is 2.44. The first kappa shape index (κ1) is 30.7. The number of carbonyl (C=O) groups is 1. The SMILES string of the molecule is CC(C)CN(C[C@@H](O)[C@H](Cc1ccc([N+](=O)[O-])cc1)NC(=O)O[C@H]1CO[C@H]2OCC[C@H]21)S(=O)(=O)c1ccc(O)cc1. The highest BCUT2D eigenvalue weighted by molar-refractivity contribution is 7.89. The number of ether oxygens (including phenoxy) is 3. The van der Waals surface area contributed by atoms with E-state index in [1.54, 1.807) is 0 Å². The van der Waals surface area contributed by atoms with E-state index in [1.807, 2.05) is 13.8 Å². The lowest BCUT2D eigenvalue weighted by atomic mass is 10.0. The number of carbonyl (C=O) groups excluding carboxylic acids is 1. The van der Waals surface area contributed by atoms with Crippen molar-refractivity contribution in [1.29, 1.82) is 0 Å². The minimum Gasteiger partial charge on any atom is -0.508 e. The van der Waals surface area contributed by atoms with Crippen LogP contribution in [0.3, 0.4) is 0 Å². The first-order valence-corrected chi connectivity index (χ1v) is 14.8. The number of nitro groups is 1. The van der Waals surface area contributed by atoms with Gasteiger partial charge < -0.3 is 29.7 Å². The van der Waals surface area contributed by atoms with Crippen LogP contribution in [0, 0.1) is 22.0 Å². The number of phenols is 1. The number of amides is 1. The number of nitro benzene ring substituents is 1. The van der Waals surface area contributed by atoms with Gasteiger partial charge >= 0.3 is 6.09 Å². The second kappa shape index (κ2) is 13.1. The third-order valence-corrected chi connectivity index (χ3v) is 8.89. The van der Waals surface area contributed by atoms with Gasteiger partial charge in [-0.05, 0) is 48.6 Å². The summed E-state index contributed by atoms with van der Waals surface area (Å²) in [6.45, 7) is 4.06. The number of nitrogens with one attached hydrogen (secondary N) is 1. The smallest absolute Gasteiger partial charge is 0.407 e. The number of fused-ring (bicyclic) bond motifs is 1. The number of sulfonamides is 1. The Labute approximate surface area is 238 Å². The Morgan fingerprint density at radius 3 is 2.46 bits per heavy atom. The molecule has 0 aliphatic carbocycles. The van der Waals surface area contributed by atoms with Crippen LogP contribution >= 0.6 is 0 Å². The van der Waals surface area contributed by atoms with Gasteiger partial charge in [0.15, 0.2) is 6.29 Å². The molecule has 41 heavy (non-hydrogen) atoms. The molecule has 3 N–H and O–H groups in total.